The van der Waals surface area contributed by atoms with Crippen LogP contribution in [0.15, 0.2) is 0 Å². The van der Waals surface area contributed by atoms with Crippen LogP contribution >= 0.6 is 12.2 Å². The van der Waals surface area contributed by atoms with Crippen molar-refractivity contribution in [1.82, 2.24) is 5.32 Å². The summed E-state index contributed by atoms with van der Waals surface area (Å²) in [4.78, 5) is 0. The summed E-state index contributed by atoms with van der Waals surface area (Å²) in [6, 6.07) is 0.562. The van der Waals surface area contributed by atoms with Crippen LogP contribution in [0.1, 0.15) is 71.6 Å². The second kappa shape index (κ2) is 14.2. The zero-order valence-corrected chi connectivity index (χ0v) is 13.0. The quantitative estimate of drug-likeness (QED) is 0.438. The SMILES string of the molecule is CCCCCCCC(CCCC)NC([NH3+])=S.[Cl-]. The number of rotatable bonds is 10. The Bertz CT molecular complexity index is 177. The maximum absolute atomic E-state index is 5.02. The van der Waals surface area contributed by atoms with E-state index in [0.717, 1.165) is 0 Å². The van der Waals surface area contributed by atoms with Gasteiger partial charge < -0.3 is 23.5 Å². The molecule has 4 heteroatoms. The average Bonchev–Trinajstić information content (AvgIpc) is 2.24. The van der Waals surface area contributed by atoms with E-state index in [4.69, 9.17) is 12.2 Å². The predicted molar refractivity (Wildman–Crippen MR) is 75.3 cm³/mol. The van der Waals surface area contributed by atoms with Gasteiger partial charge in [-0.25, -0.2) is 0 Å². The highest BCUT2D eigenvalue weighted by atomic mass is 35.5. The molecular formula is C13H29ClN2S. The summed E-state index contributed by atoms with van der Waals surface area (Å²) < 4.78 is 0. The number of quaternary nitrogens is 1. The Morgan fingerprint density at radius 2 is 1.53 bits per heavy atom. The first-order valence-electron chi connectivity index (χ1n) is 6.83. The number of unbranched alkanes of at least 4 members (excludes halogenated alkanes) is 5. The van der Waals surface area contributed by atoms with Crippen molar-refractivity contribution in [2.75, 3.05) is 0 Å². The molecule has 1 unspecified atom stereocenters. The van der Waals surface area contributed by atoms with Crippen LogP contribution in [0.3, 0.4) is 0 Å². The van der Waals surface area contributed by atoms with E-state index in [9.17, 15) is 0 Å². The molecular weight excluding hydrogens is 252 g/mol. The van der Waals surface area contributed by atoms with Crippen molar-refractivity contribution in [3.8, 4) is 0 Å². The van der Waals surface area contributed by atoms with Gasteiger partial charge in [-0.05, 0) is 12.8 Å². The van der Waals surface area contributed by atoms with Gasteiger partial charge in [-0.2, -0.15) is 0 Å². The van der Waals surface area contributed by atoms with E-state index in [1.165, 1.54) is 57.8 Å². The van der Waals surface area contributed by atoms with Crippen molar-refractivity contribution < 1.29 is 18.1 Å². The standard InChI is InChI=1S/C13H28N2S.ClH/c1-3-5-7-8-9-11-12(10-6-4-2)15-13(14)16;/h12H,3-11H2,1-2H3,(H3,14,15,16);1H. The third-order valence-corrected chi connectivity index (χ3v) is 3.05. The topological polar surface area (TPSA) is 39.7 Å². The summed E-state index contributed by atoms with van der Waals surface area (Å²) >= 11 is 5.02. The fourth-order valence-corrected chi connectivity index (χ4v) is 2.13. The highest BCUT2D eigenvalue weighted by Crippen LogP contribution is 2.11. The van der Waals surface area contributed by atoms with Crippen LogP contribution < -0.4 is 23.5 Å². The summed E-state index contributed by atoms with van der Waals surface area (Å²) in [6.07, 6.45) is 11.8. The maximum Gasteiger partial charge on any atom is 0.265 e. The van der Waals surface area contributed by atoms with Crippen LogP contribution in [0.5, 0.6) is 0 Å². The second-order valence-electron chi connectivity index (χ2n) is 4.61. The largest absolute Gasteiger partial charge is 1.00 e. The van der Waals surface area contributed by atoms with E-state index in [1.807, 2.05) is 0 Å². The zero-order valence-electron chi connectivity index (χ0n) is 11.4. The number of halogens is 1. The monoisotopic (exact) mass is 280 g/mol. The van der Waals surface area contributed by atoms with E-state index < -0.39 is 0 Å². The Hall–Kier alpha value is 0.140. The molecule has 2 nitrogen and oxygen atoms in total. The molecule has 0 amide bonds. The minimum Gasteiger partial charge on any atom is -1.00 e. The van der Waals surface area contributed by atoms with Crippen molar-refractivity contribution in [2.24, 2.45) is 0 Å². The van der Waals surface area contributed by atoms with Crippen LogP contribution in [0.2, 0.25) is 0 Å². The molecule has 0 aromatic carbocycles. The lowest BCUT2D eigenvalue weighted by molar-refractivity contribution is -0.216. The average molecular weight is 281 g/mol. The van der Waals surface area contributed by atoms with E-state index in [2.05, 4.69) is 24.9 Å². The molecule has 0 radical (unpaired) electrons. The van der Waals surface area contributed by atoms with Gasteiger partial charge >= 0.3 is 0 Å². The summed E-state index contributed by atoms with van der Waals surface area (Å²) in [5, 5.41) is 4.03. The van der Waals surface area contributed by atoms with Gasteiger partial charge in [0.05, 0.1) is 0 Å². The molecule has 0 saturated carbocycles. The molecule has 0 aromatic rings. The van der Waals surface area contributed by atoms with Crippen LogP contribution in [-0.4, -0.2) is 11.2 Å². The normalized spacial score (nSPS) is 11.7. The molecule has 0 rings (SSSR count). The lowest BCUT2D eigenvalue weighted by Gasteiger charge is -2.16. The van der Waals surface area contributed by atoms with Crippen molar-refractivity contribution in [1.29, 1.82) is 0 Å². The maximum atomic E-state index is 5.02. The smallest absolute Gasteiger partial charge is 0.265 e. The van der Waals surface area contributed by atoms with Gasteiger partial charge in [-0.15, -0.1) is 0 Å². The highest BCUT2D eigenvalue weighted by molar-refractivity contribution is 7.79. The number of nitrogens with one attached hydrogen (secondary N) is 1. The Labute approximate surface area is 119 Å². The Morgan fingerprint density at radius 1 is 1.00 bits per heavy atom. The number of hydrogen-bond donors (Lipinski definition) is 2. The first-order valence-corrected chi connectivity index (χ1v) is 7.24. The van der Waals surface area contributed by atoms with Crippen LogP contribution in [-0.2, 0) is 0 Å². The van der Waals surface area contributed by atoms with E-state index >= 15 is 0 Å². The van der Waals surface area contributed by atoms with Crippen LogP contribution in [0, 0.1) is 0 Å². The Kier molecular flexibility index (Phi) is 16.3. The molecule has 0 aliphatic rings. The van der Waals surface area contributed by atoms with Gasteiger partial charge in [-0.3, -0.25) is 0 Å². The lowest BCUT2D eigenvalue weighted by Crippen LogP contribution is -3.00. The minimum absolute atomic E-state index is 0. The molecule has 17 heavy (non-hydrogen) atoms. The van der Waals surface area contributed by atoms with E-state index in [1.54, 1.807) is 0 Å². The summed E-state index contributed by atoms with van der Waals surface area (Å²) in [7, 11) is 0. The van der Waals surface area contributed by atoms with Crippen molar-refractivity contribution in [3.63, 3.8) is 0 Å². The van der Waals surface area contributed by atoms with Gasteiger partial charge in [0.1, 0.15) is 0 Å². The molecule has 0 fully saturated rings. The summed E-state index contributed by atoms with van der Waals surface area (Å²) in [6.45, 7) is 4.49. The van der Waals surface area contributed by atoms with Crippen LogP contribution in [0.4, 0.5) is 0 Å². The third-order valence-electron chi connectivity index (χ3n) is 2.93. The molecule has 0 aromatic heterocycles. The molecule has 0 aliphatic heterocycles. The van der Waals surface area contributed by atoms with Crippen molar-refractivity contribution >= 4 is 17.3 Å². The van der Waals surface area contributed by atoms with E-state index in [0.29, 0.717) is 11.2 Å². The van der Waals surface area contributed by atoms with Gasteiger partial charge in [0.15, 0.2) is 0 Å². The third kappa shape index (κ3) is 14.1. The second-order valence-corrected chi connectivity index (χ2v) is 5.10. The van der Waals surface area contributed by atoms with Gasteiger partial charge in [0.2, 0.25) is 0 Å². The fraction of sp³-hybridized carbons (Fsp3) is 0.923. The molecule has 4 N–H and O–H groups in total. The van der Waals surface area contributed by atoms with Crippen LogP contribution in [0.25, 0.3) is 0 Å². The molecule has 0 spiro atoms. The minimum atomic E-state index is 0. The fourth-order valence-electron chi connectivity index (χ4n) is 1.96. The van der Waals surface area contributed by atoms with Gasteiger partial charge in [-0.1, -0.05) is 58.8 Å². The highest BCUT2D eigenvalue weighted by Gasteiger charge is 2.08. The first kappa shape index (κ1) is 19.5. The molecule has 1 atom stereocenters. The van der Waals surface area contributed by atoms with Crippen molar-refractivity contribution in [2.45, 2.75) is 77.7 Å². The lowest BCUT2D eigenvalue weighted by atomic mass is 10.0. The Morgan fingerprint density at radius 3 is 2.06 bits per heavy atom. The van der Waals surface area contributed by atoms with E-state index in [-0.39, 0.29) is 12.4 Å². The van der Waals surface area contributed by atoms with Crippen molar-refractivity contribution in [3.05, 3.63) is 0 Å². The predicted octanol–water partition coefficient (Wildman–Crippen LogP) is 0.0261. The van der Waals surface area contributed by atoms with Gasteiger partial charge in [0.25, 0.3) is 5.11 Å². The van der Waals surface area contributed by atoms with Gasteiger partial charge in [0, 0.05) is 18.3 Å². The summed E-state index contributed by atoms with van der Waals surface area (Å²) in [5.41, 5.74) is 3.76. The summed E-state index contributed by atoms with van der Waals surface area (Å²) in [5.74, 6) is 0. The zero-order chi connectivity index (χ0) is 12.2. The molecule has 0 heterocycles. The Balaban J connectivity index is 0. The molecule has 104 valence electrons. The number of hydrogen-bond acceptors (Lipinski definition) is 1. The first-order chi connectivity index (χ1) is 7.70. The molecule has 0 aliphatic carbocycles. The molecule has 0 bridgehead atoms. The number of thiocarbonyl (C=S) groups is 1. The molecule has 0 saturated heterocycles.